The number of hydrogen-bond acceptors (Lipinski definition) is 4. The molecule has 0 atom stereocenters. The Bertz CT molecular complexity index is 574. The number of aliphatic hydroxyl groups excluding tert-OH is 1. The van der Waals surface area contributed by atoms with Crippen LogP contribution in [0.4, 0.5) is 0 Å². The lowest BCUT2D eigenvalue weighted by Crippen LogP contribution is -2.22. The molecule has 2 rings (SSSR count). The van der Waals surface area contributed by atoms with Crippen LogP contribution in [0.1, 0.15) is 12.6 Å². The average Bonchev–Trinajstić information content (AvgIpc) is 2.92. The molecule has 0 aromatic carbocycles. The van der Waals surface area contributed by atoms with E-state index in [0.29, 0.717) is 13.1 Å². The van der Waals surface area contributed by atoms with Crippen LogP contribution >= 0.6 is 23.1 Å². The van der Waals surface area contributed by atoms with Crippen molar-refractivity contribution >= 4 is 39.1 Å². The van der Waals surface area contributed by atoms with Gasteiger partial charge in [0.15, 0.2) is 0 Å². The third-order valence-electron chi connectivity index (χ3n) is 2.91. The van der Waals surface area contributed by atoms with Crippen molar-refractivity contribution < 1.29 is 9.90 Å². The fraction of sp³-hybridized carbons (Fsp3) is 0.462. The Kier molecular flexibility index (Phi) is 4.90. The third-order valence-corrected chi connectivity index (χ3v) is 5.06. The second kappa shape index (κ2) is 6.45. The van der Waals surface area contributed by atoms with E-state index in [1.807, 2.05) is 0 Å². The van der Waals surface area contributed by atoms with Gasteiger partial charge >= 0.3 is 0 Å². The first-order valence-corrected chi connectivity index (χ1v) is 8.06. The number of aryl methyl sites for hydroxylation is 1. The summed E-state index contributed by atoms with van der Waals surface area (Å²) in [5.41, 5.74) is 1.21. The third kappa shape index (κ3) is 3.13. The lowest BCUT2D eigenvalue weighted by Gasteiger charge is -2.10. The van der Waals surface area contributed by atoms with Gasteiger partial charge in [-0.1, -0.05) is 0 Å². The van der Waals surface area contributed by atoms with Crippen molar-refractivity contribution in [3.63, 3.8) is 0 Å². The topological polar surface area (TPSA) is 54.3 Å². The van der Waals surface area contributed by atoms with E-state index >= 15 is 0 Å². The lowest BCUT2D eigenvalue weighted by molar-refractivity contribution is -0.118. The highest BCUT2D eigenvalue weighted by Gasteiger charge is 2.15. The lowest BCUT2D eigenvalue weighted by atomic mass is 10.4. The smallest absolute Gasteiger partial charge is 0.216 e. The Balaban J connectivity index is 2.17. The van der Waals surface area contributed by atoms with E-state index in [1.165, 1.54) is 27.7 Å². The molecular formula is C13H18N2O2S2. The Morgan fingerprint density at radius 1 is 1.58 bits per heavy atom. The number of fused-ring (bicyclic) bond motifs is 1. The second-order valence-electron chi connectivity index (χ2n) is 4.26. The summed E-state index contributed by atoms with van der Waals surface area (Å²) in [6.07, 6.45) is 0. The van der Waals surface area contributed by atoms with Gasteiger partial charge in [-0.15, -0.1) is 23.1 Å². The maximum Gasteiger partial charge on any atom is 0.216 e. The number of hydrogen-bond donors (Lipinski definition) is 2. The number of aromatic nitrogens is 1. The minimum atomic E-state index is 0.00296. The largest absolute Gasteiger partial charge is 0.395 e. The first-order valence-electron chi connectivity index (χ1n) is 6.19. The molecule has 0 spiro atoms. The number of rotatable bonds is 6. The van der Waals surface area contributed by atoms with Gasteiger partial charge in [-0.05, 0) is 18.4 Å². The fourth-order valence-corrected chi connectivity index (χ4v) is 4.16. The highest BCUT2D eigenvalue weighted by atomic mass is 32.2. The first-order chi connectivity index (χ1) is 9.15. The van der Waals surface area contributed by atoms with Crippen molar-refractivity contribution in [2.75, 3.05) is 18.9 Å². The van der Waals surface area contributed by atoms with Gasteiger partial charge in [-0.3, -0.25) is 4.79 Å². The molecule has 6 heteroatoms. The zero-order valence-electron chi connectivity index (χ0n) is 11.1. The van der Waals surface area contributed by atoms with Crippen LogP contribution in [0.5, 0.6) is 0 Å². The van der Waals surface area contributed by atoms with Crippen LogP contribution in [-0.4, -0.2) is 34.5 Å². The van der Waals surface area contributed by atoms with Crippen molar-refractivity contribution in [1.29, 1.82) is 0 Å². The summed E-state index contributed by atoms with van der Waals surface area (Å²) in [5, 5.41) is 16.5. The van der Waals surface area contributed by atoms with Gasteiger partial charge in [-0.2, -0.15) is 0 Å². The van der Waals surface area contributed by atoms with Crippen LogP contribution in [0.15, 0.2) is 16.5 Å². The molecule has 0 aliphatic rings. The molecule has 4 nitrogen and oxygen atoms in total. The van der Waals surface area contributed by atoms with Gasteiger partial charge in [0, 0.05) is 36.8 Å². The van der Waals surface area contributed by atoms with Crippen molar-refractivity contribution in [3.05, 3.63) is 17.1 Å². The molecular weight excluding hydrogens is 280 g/mol. The summed E-state index contributed by atoms with van der Waals surface area (Å²) in [5.74, 6) is 0.836. The molecule has 0 aliphatic carbocycles. The predicted octanol–water partition coefficient (Wildman–Crippen LogP) is 2.23. The van der Waals surface area contributed by atoms with E-state index in [1.54, 1.807) is 23.1 Å². The number of carbonyl (C=O) groups is 1. The molecule has 0 saturated heterocycles. The van der Waals surface area contributed by atoms with Crippen LogP contribution in [-0.2, 0) is 11.3 Å². The molecule has 2 N–H and O–H groups in total. The zero-order chi connectivity index (χ0) is 13.8. The summed E-state index contributed by atoms with van der Waals surface area (Å²) < 4.78 is 3.45. The molecule has 0 saturated carbocycles. The summed E-state index contributed by atoms with van der Waals surface area (Å²) in [6, 6.07) is 2.13. The molecule has 19 heavy (non-hydrogen) atoms. The van der Waals surface area contributed by atoms with Gasteiger partial charge in [0.25, 0.3) is 0 Å². The van der Waals surface area contributed by atoms with E-state index in [2.05, 4.69) is 28.3 Å². The van der Waals surface area contributed by atoms with Crippen LogP contribution in [0.3, 0.4) is 0 Å². The standard InChI is InChI=1S/C13H18N2O2S2/c1-9-12-11(3-7-18-12)13(15(9)5-6-16)19-8-4-14-10(2)17/h3,7,16H,4-6,8H2,1-2H3,(H,14,17). The predicted molar refractivity (Wildman–Crippen MR) is 81.0 cm³/mol. The minimum Gasteiger partial charge on any atom is -0.395 e. The second-order valence-corrected chi connectivity index (χ2v) is 6.26. The van der Waals surface area contributed by atoms with Crippen LogP contribution in [0, 0.1) is 6.92 Å². The van der Waals surface area contributed by atoms with Gasteiger partial charge in [0.1, 0.15) is 0 Å². The Morgan fingerprint density at radius 2 is 2.37 bits per heavy atom. The molecule has 0 bridgehead atoms. The van der Waals surface area contributed by atoms with Crippen LogP contribution in [0.2, 0.25) is 0 Å². The molecule has 1 amide bonds. The van der Waals surface area contributed by atoms with Crippen LogP contribution < -0.4 is 5.32 Å². The van der Waals surface area contributed by atoms with E-state index in [0.717, 1.165) is 5.75 Å². The first kappa shape index (κ1) is 14.4. The summed E-state index contributed by atoms with van der Waals surface area (Å²) in [4.78, 5) is 10.8. The number of nitrogens with zero attached hydrogens (tertiary/aromatic N) is 1. The molecule has 2 aromatic heterocycles. The number of amides is 1. The maximum atomic E-state index is 10.8. The number of nitrogens with one attached hydrogen (secondary N) is 1. The average molecular weight is 298 g/mol. The number of carbonyl (C=O) groups excluding carboxylic acids is 1. The quantitative estimate of drug-likeness (QED) is 0.635. The number of aliphatic hydroxyl groups is 1. The molecule has 0 unspecified atom stereocenters. The molecule has 0 aliphatic heterocycles. The van der Waals surface area contributed by atoms with Crippen molar-refractivity contribution in [2.45, 2.75) is 25.4 Å². The van der Waals surface area contributed by atoms with E-state index in [9.17, 15) is 9.90 Å². The maximum absolute atomic E-state index is 10.8. The summed E-state index contributed by atoms with van der Waals surface area (Å²) in [6.45, 7) is 5.04. The van der Waals surface area contributed by atoms with Gasteiger partial charge < -0.3 is 15.0 Å². The molecule has 0 fully saturated rings. The Morgan fingerprint density at radius 3 is 3.05 bits per heavy atom. The van der Waals surface area contributed by atoms with E-state index in [-0.39, 0.29) is 12.5 Å². The van der Waals surface area contributed by atoms with Gasteiger partial charge in [0.05, 0.1) is 16.3 Å². The molecule has 104 valence electrons. The Labute approximate surface area is 120 Å². The fourth-order valence-electron chi connectivity index (χ4n) is 2.08. The monoisotopic (exact) mass is 298 g/mol. The number of thioether (sulfide) groups is 1. The highest BCUT2D eigenvalue weighted by Crippen LogP contribution is 2.36. The SMILES string of the molecule is CC(=O)NCCSc1c2ccsc2c(C)n1CCO. The summed E-state index contributed by atoms with van der Waals surface area (Å²) >= 11 is 3.46. The highest BCUT2D eigenvalue weighted by molar-refractivity contribution is 7.99. The molecule has 0 radical (unpaired) electrons. The Hall–Kier alpha value is -0.980. The van der Waals surface area contributed by atoms with E-state index < -0.39 is 0 Å². The zero-order valence-corrected chi connectivity index (χ0v) is 12.7. The summed E-state index contributed by atoms with van der Waals surface area (Å²) in [7, 11) is 0. The normalized spacial score (nSPS) is 11.1. The van der Waals surface area contributed by atoms with Crippen LogP contribution in [0.25, 0.3) is 10.1 Å². The van der Waals surface area contributed by atoms with Crippen molar-refractivity contribution in [2.24, 2.45) is 0 Å². The van der Waals surface area contributed by atoms with E-state index in [4.69, 9.17) is 0 Å². The van der Waals surface area contributed by atoms with Gasteiger partial charge in [0.2, 0.25) is 5.91 Å². The van der Waals surface area contributed by atoms with Gasteiger partial charge in [-0.25, -0.2) is 0 Å². The van der Waals surface area contributed by atoms with Crippen molar-refractivity contribution in [3.8, 4) is 0 Å². The minimum absolute atomic E-state index is 0.00296. The number of thiophene rings is 1. The van der Waals surface area contributed by atoms with Crippen molar-refractivity contribution in [1.82, 2.24) is 9.88 Å². The molecule has 2 heterocycles. The molecule has 2 aromatic rings.